The lowest BCUT2D eigenvalue weighted by molar-refractivity contribution is 0.217. The zero-order valence-electron chi connectivity index (χ0n) is 13.2. The van der Waals surface area contributed by atoms with Crippen LogP contribution in [-0.4, -0.2) is 29.0 Å². The van der Waals surface area contributed by atoms with Crippen molar-refractivity contribution in [3.63, 3.8) is 0 Å². The Morgan fingerprint density at radius 3 is 2.57 bits per heavy atom. The summed E-state index contributed by atoms with van der Waals surface area (Å²) < 4.78 is 41.0. The topological polar surface area (TPSA) is 66.1 Å². The molecule has 0 bridgehead atoms. The highest BCUT2D eigenvalue weighted by molar-refractivity contribution is 7.89. The molecule has 0 spiro atoms. The Bertz CT molecular complexity index is 786. The van der Waals surface area contributed by atoms with Crippen molar-refractivity contribution in [1.29, 1.82) is 0 Å². The first kappa shape index (κ1) is 16.1. The molecule has 2 aromatic rings. The van der Waals surface area contributed by atoms with E-state index in [1.54, 1.807) is 10.5 Å². The largest absolute Gasteiger partial charge is 0.282 e. The van der Waals surface area contributed by atoms with Crippen LogP contribution in [0.4, 0.5) is 4.39 Å². The molecule has 1 aromatic carbocycles. The van der Waals surface area contributed by atoms with Crippen molar-refractivity contribution in [3.05, 3.63) is 47.5 Å². The molecule has 0 saturated heterocycles. The summed E-state index contributed by atoms with van der Waals surface area (Å²) in [6, 6.07) is 4.63. The van der Waals surface area contributed by atoms with Crippen molar-refractivity contribution in [2.24, 2.45) is 0 Å². The monoisotopic (exact) mass is 337 g/mol. The molecule has 1 aromatic heterocycles. The van der Waals surface area contributed by atoms with Crippen molar-refractivity contribution in [3.8, 4) is 0 Å². The molecule has 0 fully saturated rings. The Kier molecular flexibility index (Phi) is 4.25. The van der Waals surface area contributed by atoms with Gasteiger partial charge in [0.15, 0.2) is 0 Å². The predicted octanol–water partition coefficient (Wildman–Crippen LogP) is 3.03. The summed E-state index contributed by atoms with van der Waals surface area (Å²) in [5.41, 5.74) is 1.94. The van der Waals surface area contributed by atoms with E-state index in [0.29, 0.717) is 19.3 Å². The van der Waals surface area contributed by atoms with E-state index in [9.17, 15) is 12.8 Å². The van der Waals surface area contributed by atoms with Crippen LogP contribution in [0, 0.1) is 5.82 Å². The highest BCUT2D eigenvalue weighted by Crippen LogP contribution is 2.39. The number of fused-ring (bicyclic) bond motifs is 1. The van der Waals surface area contributed by atoms with E-state index in [-0.39, 0.29) is 17.0 Å². The van der Waals surface area contributed by atoms with Crippen molar-refractivity contribution < 1.29 is 12.8 Å². The number of aromatic nitrogens is 2. The third kappa shape index (κ3) is 2.68. The van der Waals surface area contributed by atoms with Crippen molar-refractivity contribution in [2.75, 3.05) is 0 Å². The highest BCUT2D eigenvalue weighted by Gasteiger charge is 2.41. The molecule has 5 nitrogen and oxygen atoms in total. The molecule has 1 N–H and O–H groups in total. The van der Waals surface area contributed by atoms with Gasteiger partial charge >= 0.3 is 0 Å². The van der Waals surface area contributed by atoms with Crippen LogP contribution < -0.4 is 0 Å². The van der Waals surface area contributed by atoms with Gasteiger partial charge in [-0.2, -0.15) is 9.40 Å². The summed E-state index contributed by atoms with van der Waals surface area (Å²) in [7, 11) is -3.70. The smallest absolute Gasteiger partial charge is 0.243 e. The molecule has 124 valence electrons. The fraction of sp³-hybridized carbons (Fsp3) is 0.438. The molecule has 7 heteroatoms. The number of nitrogens with zero attached hydrogens (tertiary/aromatic N) is 2. The Morgan fingerprint density at radius 2 is 1.96 bits per heavy atom. The highest BCUT2D eigenvalue weighted by atomic mass is 32.2. The zero-order valence-corrected chi connectivity index (χ0v) is 14.0. The lowest BCUT2D eigenvalue weighted by Gasteiger charge is -2.40. The van der Waals surface area contributed by atoms with Gasteiger partial charge < -0.3 is 0 Å². The maximum Gasteiger partial charge on any atom is 0.243 e. The van der Waals surface area contributed by atoms with Crippen LogP contribution >= 0.6 is 0 Å². The number of nitrogens with one attached hydrogen (secondary N) is 1. The van der Waals surface area contributed by atoms with Gasteiger partial charge in [0.25, 0.3) is 0 Å². The normalized spacial score (nSPS) is 22.0. The van der Waals surface area contributed by atoms with Crippen LogP contribution in [0.25, 0.3) is 0 Å². The third-order valence-electron chi connectivity index (χ3n) is 4.46. The van der Waals surface area contributed by atoms with Crippen molar-refractivity contribution in [1.82, 2.24) is 14.5 Å². The second-order valence-electron chi connectivity index (χ2n) is 5.78. The SMILES string of the molecule is CC[C@@H]1Cc2[nH]ncc2[C@H](CC)N1S(=O)(=O)c1ccc(F)cc1. The number of hydrogen-bond acceptors (Lipinski definition) is 3. The molecule has 2 atom stereocenters. The van der Waals surface area contributed by atoms with Gasteiger partial charge in [-0.1, -0.05) is 13.8 Å². The van der Waals surface area contributed by atoms with Crippen LogP contribution in [0.5, 0.6) is 0 Å². The summed E-state index contributed by atoms with van der Waals surface area (Å²) in [5, 5.41) is 7.06. The lowest BCUT2D eigenvalue weighted by atomic mass is 9.93. The van der Waals surface area contributed by atoms with E-state index in [2.05, 4.69) is 10.2 Å². The molecule has 0 radical (unpaired) electrons. The standard InChI is InChI=1S/C16H20FN3O2S/c1-3-12-9-15-14(10-18-19-15)16(4-2)20(12)23(21,22)13-7-5-11(17)6-8-13/h5-8,10,12,16H,3-4,9H2,1-2H3,(H,18,19)/t12-,16+/m1/s1. The van der Waals surface area contributed by atoms with Crippen LogP contribution in [0.3, 0.4) is 0 Å². The second kappa shape index (κ2) is 6.05. The number of benzene rings is 1. The minimum atomic E-state index is -3.70. The second-order valence-corrected chi connectivity index (χ2v) is 7.63. The minimum Gasteiger partial charge on any atom is -0.282 e. The Hall–Kier alpha value is -1.73. The van der Waals surface area contributed by atoms with E-state index >= 15 is 0 Å². The van der Waals surface area contributed by atoms with Gasteiger partial charge in [0.2, 0.25) is 10.0 Å². The molecule has 0 unspecified atom stereocenters. The fourth-order valence-corrected chi connectivity index (χ4v) is 5.24. The van der Waals surface area contributed by atoms with E-state index in [1.165, 1.54) is 24.3 Å². The van der Waals surface area contributed by atoms with E-state index in [4.69, 9.17) is 0 Å². The number of H-pyrrole nitrogens is 1. The summed E-state index contributed by atoms with van der Waals surface area (Å²) in [6.45, 7) is 3.94. The maximum atomic E-state index is 13.1. The number of rotatable bonds is 4. The number of aromatic amines is 1. The molecule has 2 heterocycles. The number of halogens is 1. The molecular weight excluding hydrogens is 317 g/mol. The quantitative estimate of drug-likeness (QED) is 0.932. The van der Waals surface area contributed by atoms with E-state index in [0.717, 1.165) is 11.3 Å². The Morgan fingerprint density at radius 1 is 1.26 bits per heavy atom. The van der Waals surface area contributed by atoms with Gasteiger partial charge in [-0.3, -0.25) is 5.10 Å². The van der Waals surface area contributed by atoms with Crippen LogP contribution in [0.1, 0.15) is 44.0 Å². The first-order valence-corrected chi connectivity index (χ1v) is 9.24. The van der Waals surface area contributed by atoms with Crippen molar-refractivity contribution >= 4 is 10.0 Å². The molecule has 23 heavy (non-hydrogen) atoms. The predicted molar refractivity (Wildman–Crippen MR) is 84.8 cm³/mol. The van der Waals surface area contributed by atoms with Gasteiger partial charge in [0.1, 0.15) is 5.82 Å². The molecule has 0 aliphatic carbocycles. The van der Waals surface area contributed by atoms with Crippen molar-refractivity contribution in [2.45, 2.75) is 50.1 Å². The molecular formula is C16H20FN3O2S. The van der Waals surface area contributed by atoms with Gasteiger partial charge in [-0.15, -0.1) is 0 Å². The maximum absolute atomic E-state index is 13.1. The van der Waals surface area contributed by atoms with Gasteiger partial charge in [-0.05, 0) is 37.1 Å². The lowest BCUT2D eigenvalue weighted by Crippen LogP contribution is -2.46. The van der Waals surface area contributed by atoms with Crippen LogP contribution in [-0.2, 0) is 16.4 Å². The van der Waals surface area contributed by atoms with Crippen LogP contribution in [0.15, 0.2) is 35.4 Å². The fourth-order valence-electron chi connectivity index (χ4n) is 3.31. The van der Waals surface area contributed by atoms with Gasteiger partial charge in [0, 0.05) is 23.7 Å². The molecule has 1 aliphatic rings. The zero-order chi connectivity index (χ0) is 16.6. The summed E-state index contributed by atoms with van der Waals surface area (Å²) in [4.78, 5) is 0.128. The Labute approximate surface area is 135 Å². The molecule has 1 aliphatic heterocycles. The van der Waals surface area contributed by atoms with E-state index in [1.807, 2.05) is 13.8 Å². The summed E-state index contributed by atoms with van der Waals surface area (Å²) in [6.07, 6.45) is 3.68. The first-order chi connectivity index (χ1) is 11.0. The first-order valence-electron chi connectivity index (χ1n) is 7.80. The van der Waals surface area contributed by atoms with Crippen LogP contribution in [0.2, 0.25) is 0 Å². The average molecular weight is 337 g/mol. The Balaban J connectivity index is 2.09. The molecule has 0 amide bonds. The molecule has 0 saturated carbocycles. The van der Waals surface area contributed by atoms with Gasteiger partial charge in [0.05, 0.1) is 17.1 Å². The number of hydrogen-bond donors (Lipinski definition) is 1. The minimum absolute atomic E-state index is 0.128. The van der Waals surface area contributed by atoms with E-state index < -0.39 is 15.8 Å². The summed E-state index contributed by atoms with van der Waals surface area (Å²) >= 11 is 0. The van der Waals surface area contributed by atoms with Gasteiger partial charge in [-0.25, -0.2) is 12.8 Å². The summed E-state index contributed by atoms with van der Waals surface area (Å²) in [5.74, 6) is -0.446. The average Bonchev–Trinajstić information content (AvgIpc) is 3.01. The third-order valence-corrected chi connectivity index (χ3v) is 6.44. The molecule has 3 rings (SSSR count). The number of sulfonamides is 1.